The highest BCUT2D eigenvalue weighted by molar-refractivity contribution is 6.02. The molecule has 0 bridgehead atoms. The summed E-state index contributed by atoms with van der Waals surface area (Å²) in [6, 6.07) is 12.5. The van der Waals surface area contributed by atoms with Crippen LogP contribution in [0.3, 0.4) is 0 Å². The molecule has 0 saturated carbocycles. The van der Waals surface area contributed by atoms with Crippen LogP contribution in [0, 0.1) is 0 Å². The quantitative estimate of drug-likeness (QED) is 0.819. The number of hydrogen-bond donors (Lipinski definition) is 2. The number of carboxylic acids is 1. The molecule has 1 aromatic heterocycles. The van der Waals surface area contributed by atoms with Gasteiger partial charge in [0.2, 0.25) is 0 Å². The molecule has 1 aromatic carbocycles. The third-order valence-electron chi connectivity index (χ3n) is 2.92. The van der Waals surface area contributed by atoms with Crippen LogP contribution in [0.2, 0.25) is 0 Å². The van der Waals surface area contributed by atoms with Crippen LogP contribution in [-0.2, 0) is 13.6 Å². The number of benzene rings is 1. The zero-order chi connectivity index (χ0) is 14.5. The van der Waals surface area contributed by atoms with Gasteiger partial charge in [-0.1, -0.05) is 30.3 Å². The van der Waals surface area contributed by atoms with E-state index >= 15 is 0 Å². The summed E-state index contributed by atoms with van der Waals surface area (Å²) in [6.45, 7) is 0.355. The van der Waals surface area contributed by atoms with Crippen molar-refractivity contribution in [1.29, 1.82) is 0 Å². The summed E-state index contributed by atoms with van der Waals surface area (Å²) in [5.41, 5.74) is 1.08. The van der Waals surface area contributed by atoms with Crippen molar-refractivity contribution in [2.24, 2.45) is 7.05 Å². The second-order valence-corrected chi connectivity index (χ2v) is 4.35. The molecule has 5 nitrogen and oxygen atoms in total. The summed E-state index contributed by atoms with van der Waals surface area (Å²) in [7, 11) is 1.64. The van der Waals surface area contributed by atoms with Gasteiger partial charge in [0.15, 0.2) is 6.20 Å². The minimum absolute atomic E-state index is 0.0134. The largest absolute Gasteiger partial charge is 0.477 e. The Morgan fingerprint density at radius 1 is 1.15 bits per heavy atom. The lowest BCUT2D eigenvalue weighted by Crippen LogP contribution is -2.42. The monoisotopic (exact) mass is 271 g/mol. The van der Waals surface area contributed by atoms with Gasteiger partial charge in [-0.15, -0.1) is 0 Å². The Bertz CT molecular complexity index is 639. The average molecular weight is 271 g/mol. The zero-order valence-corrected chi connectivity index (χ0v) is 11.0. The maximum absolute atomic E-state index is 12.2. The molecule has 1 heterocycles. The third kappa shape index (κ3) is 3.00. The van der Waals surface area contributed by atoms with E-state index in [9.17, 15) is 9.59 Å². The van der Waals surface area contributed by atoms with Gasteiger partial charge in [0, 0.05) is 12.6 Å². The van der Waals surface area contributed by atoms with Crippen LogP contribution >= 0.6 is 0 Å². The van der Waals surface area contributed by atoms with Gasteiger partial charge >= 0.3 is 11.9 Å². The number of nitrogens with one attached hydrogen (secondary N) is 1. The summed E-state index contributed by atoms with van der Waals surface area (Å²) in [5, 5.41) is 11.9. The van der Waals surface area contributed by atoms with E-state index in [1.807, 2.05) is 30.3 Å². The number of amides is 1. The van der Waals surface area contributed by atoms with E-state index in [1.165, 1.54) is 10.6 Å². The minimum Gasteiger partial charge on any atom is -0.477 e. The number of rotatable bonds is 4. The van der Waals surface area contributed by atoms with Crippen LogP contribution in [0.1, 0.15) is 26.4 Å². The van der Waals surface area contributed by atoms with Crippen molar-refractivity contribution in [3.05, 3.63) is 65.5 Å². The Balaban J connectivity index is 2.19. The number of aromatic carboxylic acids is 1. The van der Waals surface area contributed by atoms with E-state index in [0.29, 0.717) is 6.54 Å². The molecule has 1 amide bonds. The van der Waals surface area contributed by atoms with Gasteiger partial charge in [-0.25, -0.2) is 4.79 Å². The minimum atomic E-state index is -1.12. The van der Waals surface area contributed by atoms with Gasteiger partial charge in [0.05, 0.1) is 0 Å². The fourth-order valence-electron chi connectivity index (χ4n) is 1.93. The molecule has 0 atom stereocenters. The molecule has 2 N–H and O–H groups in total. The smallest absolute Gasteiger partial charge is 0.342 e. The fourth-order valence-corrected chi connectivity index (χ4v) is 1.93. The molecule has 2 rings (SSSR count). The van der Waals surface area contributed by atoms with Gasteiger partial charge in [0.25, 0.3) is 5.69 Å². The standard InChI is InChI=1S/C15H14N2O3/c1-17-9-5-8-12(15(19)20)13(17)14(18)16-10-11-6-3-2-4-7-11/h2-9H,10H2,1H3,(H-,16,18,19,20)/p+1. The van der Waals surface area contributed by atoms with Gasteiger partial charge in [-0.2, -0.15) is 4.57 Å². The fraction of sp³-hybridized carbons (Fsp3) is 0.133. The van der Waals surface area contributed by atoms with Gasteiger partial charge in [-0.3, -0.25) is 4.79 Å². The number of pyridine rings is 1. The topological polar surface area (TPSA) is 70.3 Å². The third-order valence-corrected chi connectivity index (χ3v) is 2.92. The normalized spacial score (nSPS) is 10.1. The number of hydrogen-bond acceptors (Lipinski definition) is 2. The molecule has 2 aromatic rings. The number of aromatic nitrogens is 1. The lowest BCUT2D eigenvalue weighted by atomic mass is 10.1. The number of carboxylic acid groups (broad SMARTS) is 1. The highest BCUT2D eigenvalue weighted by Gasteiger charge is 2.25. The summed E-state index contributed by atoms with van der Waals surface area (Å²) in [5.74, 6) is -1.53. The number of nitrogens with zero attached hydrogens (tertiary/aromatic N) is 1. The maximum Gasteiger partial charge on any atom is 0.342 e. The average Bonchev–Trinajstić information content (AvgIpc) is 2.45. The first kappa shape index (κ1) is 13.7. The molecule has 102 valence electrons. The second-order valence-electron chi connectivity index (χ2n) is 4.35. The van der Waals surface area contributed by atoms with Crippen LogP contribution in [-0.4, -0.2) is 17.0 Å². The van der Waals surface area contributed by atoms with E-state index in [2.05, 4.69) is 5.32 Å². The summed E-state index contributed by atoms with van der Waals surface area (Å²) in [4.78, 5) is 23.3. The van der Waals surface area contributed by atoms with Crippen molar-refractivity contribution in [3.8, 4) is 0 Å². The van der Waals surface area contributed by atoms with Crippen molar-refractivity contribution in [2.75, 3.05) is 0 Å². The van der Waals surface area contributed by atoms with Crippen molar-refractivity contribution in [3.63, 3.8) is 0 Å². The first-order valence-corrected chi connectivity index (χ1v) is 6.13. The zero-order valence-electron chi connectivity index (χ0n) is 11.0. The predicted molar refractivity (Wildman–Crippen MR) is 72.2 cm³/mol. The van der Waals surface area contributed by atoms with Crippen molar-refractivity contribution >= 4 is 11.9 Å². The second kappa shape index (κ2) is 5.97. The molecular weight excluding hydrogens is 256 g/mol. The van der Waals surface area contributed by atoms with E-state index in [1.54, 1.807) is 19.3 Å². The van der Waals surface area contributed by atoms with Crippen LogP contribution < -0.4 is 9.88 Å². The van der Waals surface area contributed by atoms with Crippen LogP contribution in [0.5, 0.6) is 0 Å². The van der Waals surface area contributed by atoms with E-state index in [-0.39, 0.29) is 11.3 Å². The first-order chi connectivity index (χ1) is 9.59. The van der Waals surface area contributed by atoms with E-state index in [4.69, 9.17) is 5.11 Å². The summed E-state index contributed by atoms with van der Waals surface area (Å²) in [6.07, 6.45) is 1.64. The predicted octanol–water partition coefficient (Wildman–Crippen LogP) is 1.14. The number of carbonyl (C=O) groups is 2. The molecule has 0 fully saturated rings. The SMILES string of the molecule is C[n+]1cccc(C(=O)O)c1C(=O)NCc1ccccc1. The van der Waals surface area contributed by atoms with Gasteiger partial charge < -0.3 is 10.4 Å². The van der Waals surface area contributed by atoms with Gasteiger partial charge in [0.1, 0.15) is 12.6 Å². The highest BCUT2D eigenvalue weighted by Crippen LogP contribution is 2.04. The molecule has 0 aliphatic heterocycles. The summed E-state index contributed by atoms with van der Waals surface area (Å²) >= 11 is 0. The Morgan fingerprint density at radius 3 is 2.50 bits per heavy atom. The van der Waals surface area contributed by atoms with E-state index < -0.39 is 11.9 Å². The molecule has 0 spiro atoms. The van der Waals surface area contributed by atoms with Crippen molar-refractivity contribution < 1.29 is 19.3 Å². The molecule has 0 aliphatic carbocycles. The molecular formula is C15H15N2O3+. The Morgan fingerprint density at radius 2 is 1.85 bits per heavy atom. The van der Waals surface area contributed by atoms with E-state index in [0.717, 1.165) is 5.56 Å². The Labute approximate surface area is 116 Å². The lowest BCUT2D eigenvalue weighted by Gasteiger charge is -2.06. The summed E-state index contributed by atoms with van der Waals surface area (Å²) < 4.78 is 1.50. The first-order valence-electron chi connectivity index (χ1n) is 6.13. The van der Waals surface area contributed by atoms with Crippen molar-refractivity contribution in [2.45, 2.75) is 6.54 Å². The maximum atomic E-state index is 12.2. The van der Waals surface area contributed by atoms with Crippen molar-refractivity contribution in [1.82, 2.24) is 5.32 Å². The molecule has 0 aliphatic rings. The number of carbonyl (C=O) groups excluding carboxylic acids is 1. The van der Waals surface area contributed by atoms with Crippen LogP contribution in [0.15, 0.2) is 48.7 Å². The van der Waals surface area contributed by atoms with Crippen LogP contribution in [0.25, 0.3) is 0 Å². The molecule has 0 radical (unpaired) electrons. The number of aryl methyl sites for hydroxylation is 1. The molecule has 0 saturated heterocycles. The molecule has 20 heavy (non-hydrogen) atoms. The van der Waals surface area contributed by atoms with Crippen LogP contribution in [0.4, 0.5) is 0 Å². The lowest BCUT2D eigenvalue weighted by molar-refractivity contribution is -0.673. The Kier molecular flexibility index (Phi) is 4.10. The molecule has 5 heteroatoms. The highest BCUT2D eigenvalue weighted by atomic mass is 16.4. The van der Waals surface area contributed by atoms with Gasteiger partial charge in [-0.05, 0) is 11.6 Å². The molecule has 0 unspecified atom stereocenters. The Hall–Kier alpha value is -2.69.